The lowest BCUT2D eigenvalue weighted by atomic mass is 10.1. The summed E-state index contributed by atoms with van der Waals surface area (Å²) in [5.74, 6) is 1.52. The van der Waals surface area contributed by atoms with Crippen LogP contribution in [0.4, 0.5) is 4.79 Å². The third-order valence-electron chi connectivity index (χ3n) is 3.53. The SMILES string of the molecule is CCCC(CNC(=O)OC(C)(C)C)NCc1cc(OC)cc(OC)c1. The number of ether oxygens (including phenoxy) is 3. The normalized spacial score (nSPS) is 12.4. The lowest BCUT2D eigenvalue weighted by Crippen LogP contribution is -2.42. The van der Waals surface area contributed by atoms with Gasteiger partial charge in [-0.3, -0.25) is 0 Å². The maximum atomic E-state index is 11.8. The van der Waals surface area contributed by atoms with Gasteiger partial charge in [0.25, 0.3) is 0 Å². The van der Waals surface area contributed by atoms with Crippen molar-refractivity contribution in [1.82, 2.24) is 10.6 Å². The largest absolute Gasteiger partial charge is 0.497 e. The van der Waals surface area contributed by atoms with Gasteiger partial charge in [-0.15, -0.1) is 0 Å². The molecule has 1 aromatic rings. The van der Waals surface area contributed by atoms with Crippen molar-refractivity contribution in [2.24, 2.45) is 0 Å². The van der Waals surface area contributed by atoms with Gasteiger partial charge in [0.1, 0.15) is 17.1 Å². The van der Waals surface area contributed by atoms with Crippen molar-refractivity contribution in [2.75, 3.05) is 20.8 Å². The van der Waals surface area contributed by atoms with Crippen LogP contribution < -0.4 is 20.1 Å². The van der Waals surface area contributed by atoms with Gasteiger partial charge in [-0.2, -0.15) is 0 Å². The summed E-state index contributed by atoms with van der Waals surface area (Å²) in [6.45, 7) is 8.86. The molecule has 0 spiro atoms. The molecule has 6 heteroatoms. The lowest BCUT2D eigenvalue weighted by Gasteiger charge is -2.22. The van der Waals surface area contributed by atoms with Gasteiger partial charge in [-0.05, 0) is 44.9 Å². The fraction of sp³-hybridized carbons (Fsp3) is 0.632. The number of alkyl carbamates (subject to hydrolysis) is 1. The van der Waals surface area contributed by atoms with Crippen LogP contribution >= 0.6 is 0 Å². The fourth-order valence-corrected chi connectivity index (χ4v) is 2.38. The molecule has 25 heavy (non-hydrogen) atoms. The Bertz CT molecular complexity index is 518. The van der Waals surface area contributed by atoms with Gasteiger partial charge in [0, 0.05) is 25.2 Å². The predicted octanol–water partition coefficient (Wildman–Crippen LogP) is 3.49. The second kappa shape index (κ2) is 10.1. The zero-order valence-electron chi connectivity index (χ0n) is 16.3. The average Bonchev–Trinajstić information content (AvgIpc) is 2.55. The van der Waals surface area contributed by atoms with Crippen molar-refractivity contribution in [3.05, 3.63) is 23.8 Å². The van der Waals surface area contributed by atoms with Gasteiger partial charge >= 0.3 is 6.09 Å². The van der Waals surface area contributed by atoms with Gasteiger partial charge in [0.2, 0.25) is 0 Å². The number of hydrogen-bond donors (Lipinski definition) is 2. The molecule has 0 fully saturated rings. The number of hydrogen-bond acceptors (Lipinski definition) is 5. The first-order chi connectivity index (χ1) is 11.8. The first-order valence-corrected chi connectivity index (χ1v) is 8.69. The van der Waals surface area contributed by atoms with Crippen LogP contribution in [0.1, 0.15) is 46.1 Å². The van der Waals surface area contributed by atoms with E-state index in [-0.39, 0.29) is 6.04 Å². The highest BCUT2D eigenvalue weighted by molar-refractivity contribution is 5.67. The number of benzene rings is 1. The Kier molecular flexibility index (Phi) is 8.55. The van der Waals surface area contributed by atoms with Crippen molar-refractivity contribution < 1.29 is 19.0 Å². The second-order valence-corrected chi connectivity index (χ2v) is 6.97. The Hall–Kier alpha value is -1.95. The standard InChI is InChI=1S/C19H32N2O4/c1-7-8-15(13-21-18(22)25-19(2,3)4)20-12-14-9-16(23-5)11-17(10-14)24-6/h9-11,15,20H,7-8,12-13H2,1-6H3,(H,21,22). The first kappa shape index (κ1) is 21.1. The topological polar surface area (TPSA) is 68.8 Å². The molecular formula is C19H32N2O4. The highest BCUT2D eigenvalue weighted by atomic mass is 16.6. The van der Waals surface area contributed by atoms with E-state index in [0.29, 0.717) is 13.1 Å². The molecule has 1 amide bonds. The van der Waals surface area contributed by atoms with Crippen LogP contribution in [-0.2, 0) is 11.3 Å². The van der Waals surface area contributed by atoms with Crippen LogP contribution in [0.3, 0.4) is 0 Å². The fourth-order valence-electron chi connectivity index (χ4n) is 2.38. The van der Waals surface area contributed by atoms with E-state index < -0.39 is 11.7 Å². The molecule has 142 valence electrons. The summed E-state index contributed by atoms with van der Waals surface area (Å²) in [6, 6.07) is 5.95. The average molecular weight is 352 g/mol. The van der Waals surface area contributed by atoms with Gasteiger partial charge in [-0.1, -0.05) is 13.3 Å². The van der Waals surface area contributed by atoms with Crippen molar-refractivity contribution in [2.45, 2.75) is 58.7 Å². The van der Waals surface area contributed by atoms with Crippen LogP contribution in [0.15, 0.2) is 18.2 Å². The first-order valence-electron chi connectivity index (χ1n) is 8.69. The minimum Gasteiger partial charge on any atom is -0.497 e. The van der Waals surface area contributed by atoms with E-state index >= 15 is 0 Å². The van der Waals surface area contributed by atoms with Crippen LogP contribution in [-0.4, -0.2) is 38.5 Å². The van der Waals surface area contributed by atoms with Crippen LogP contribution in [0, 0.1) is 0 Å². The third-order valence-corrected chi connectivity index (χ3v) is 3.53. The predicted molar refractivity (Wildman–Crippen MR) is 99.3 cm³/mol. The molecule has 1 aromatic carbocycles. The minimum absolute atomic E-state index is 0.162. The number of rotatable bonds is 9. The number of methoxy groups -OCH3 is 2. The van der Waals surface area contributed by atoms with Crippen molar-refractivity contribution in [1.29, 1.82) is 0 Å². The maximum absolute atomic E-state index is 11.8. The highest BCUT2D eigenvalue weighted by Gasteiger charge is 2.17. The van der Waals surface area contributed by atoms with Crippen molar-refractivity contribution >= 4 is 6.09 Å². The van der Waals surface area contributed by atoms with E-state index in [9.17, 15) is 4.79 Å². The summed E-state index contributed by atoms with van der Waals surface area (Å²) in [4.78, 5) is 11.8. The summed E-state index contributed by atoms with van der Waals surface area (Å²) in [5, 5.41) is 6.31. The molecule has 6 nitrogen and oxygen atoms in total. The quantitative estimate of drug-likeness (QED) is 0.712. The van der Waals surface area contributed by atoms with E-state index in [0.717, 1.165) is 29.9 Å². The molecule has 0 aliphatic carbocycles. The Morgan fingerprint density at radius 1 is 1.12 bits per heavy atom. The van der Waals surface area contributed by atoms with Gasteiger partial charge in [0.05, 0.1) is 14.2 Å². The number of amides is 1. The Labute approximate surface area is 151 Å². The summed E-state index contributed by atoms with van der Waals surface area (Å²) in [7, 11) is 3.27. The molecule has 1 atom stereocenters. The Balaban J connectivity index is 2.59. The summed E-state index contributed by atoms with van der Waals surface area (Å²) < 4.78 is 15.9. The van der Waals surface area contributed by atoms with E-state index in [1.54, 1.807) is 14.2 Å². The van der Waals surface area contributed by atoms with Crippen LogP contribution in [0.5, 0.6) is 11.5 Å². The molecular weight excluding hydrogens is 320 g/mol. The number of carbonyl (C=O) groups is 1. The van der Waals surface area contributed by atoms with Crippen molar-refractivity contribution in [3.63, 3.8) is 0 Å². The van der Waals surface area contributed by atoms with E-state index in [1.165, 1.54) is 0 Å². The molecule has 1 rings (SSSR count). The van der Waals surface area contributed by atoms with Gasteiger partial charge in [-0.25, -0.2) is 4.79 Å². The summed E-state index contributed by atoms with van der Waals surface area (Å²) >= 11 is 0. The maximum Gasteiger partial charge on any atom is 0.407 e. The zero-order chi connectivity index (χ0) is 18.9. The van der Waals surface area contributed by atoms with Crippen molar-refractivity contribution in [3.8, 4) is 11.5 Å². The van der Waals surface area contributed by atoms with Gasteiger partial charge < -0.3 is 24.8 Å². The minimum atomic E-state index is -0.491. The second-order valence-electron chi connectivity index (χ2n) is 6.97. The molecule has 1 unspecified atom stereocenters. The van der Waals surface area contributed by atoms with E-state index in [2.05, 4.69) is 17.6 Å². The molecule has 0 heterocycles. The molecule has 2 N–H and O–H groups in total. The van der Waals surface area contributed by atoms with E-state index in [4.69, 9.17) is 14.2 Å². The van der Waals surface area contributed by atoms with Crippen LogP contribution in [0.25, 0.3) is 0 Å². The number of carbonyl (C=O) groups excluding carboxylic acids is 1. The van der Waals surface area contributed by atoms with Crippen LogP contribution in [0.2, 0.25) is 0 Å². The third kappa shape index (κ3) is 8.63. The van der Waals surface area contributed by atoms with E-state index in [1.807, 2.05) is 39.0 Å². The Morgan fingerprint density at radius 3 is 2.20 bits per heavy atom. The smallest absolute Gasteiger partial charge is 0.407 e. The highest BCUT2D eigenvalue weighted by Crippen LogP contribution is 2.22. The molecule has 0 radical (unpaired) electrons. The lowest BCUT2D eigenvalue weighted by molar-refractivity contribution is 0.0521. The summed E-state index contributed by atoms with van der Waals surface area (Å²) in [6.07, 6.45) is 1.59. The molecule has 0 saturated heterocycles. The van der Waals surface area contributed by atoms with Gasteiger partial charge in [0.15, 0.2) is 0 Å². The Morgan fingerprint density at radius 2 is 1.72 bits per heavy atom. The molecule has 0 aliphatic heterocycles. The zero-order valence-corrected chi connectivity index (χ0v) is 16.3. The monoisotopic (exact) mass is 352 g/mol. The number of nitrogens with one attached hydrogen (secondary N) is 2. The summed E-state index contributed by atoms with van der Waals surface area (Å²) in [5.41, 5.74) is 0.573. The molecule has 0 aliphatic rings. The molecule has 0 saturated carbocycles. The molecule has 0 aromatic heterocycles. The molecule has 0 bridgehead atoms.